The summed E-state index contributed by atoms with van der Waals surface area (Å²) in [6.07, 6.45) is 6.73. The summed E-state index contributed by atoms with van der Waals surface area (Å²) >= 11 is 0.788. The fourth-order valence-corrected chi connectivity index (χ4v) is 7.95. The average Bonchev–Trinajstić information content (AvgIpc) is 2.65. The number of thiazole rings is 1. The number of rotatable bonds is 3. The van der Waals surface area contributed by atoms with Crippen molar-refractivity contribution in [3.05, 3.63) is 15.4 Å². The van der Waals surface area contributed by atoms with Crippen LogP contribution < -0.4 is 9.60 Å². The molecular formula is C14H20N2O3S2. The van der Waals surface area contributed by atoms with E-state index in [0.29, 0.717) is 23.4 Å². The maximum atomic E-state index is 12.7. The Bertz CT molecular complexity index is 696. The molecule has 1 aromatic heterocycles. The Hall–Kier alpha value is -0.660. The Morgan fingerprint density at radius 1 is 1.14 bits per heavy atom. The first kappa shape index (κ1) is 14.0. The molecule has 0 aromatic carbocycles. The van der Waals surface area contributed by atoms with Crippen LogP contribution in [0.15, 0.2) is 9.00 Å². The minimum Gasteiger partial charge on any atom is -0.315 e. The number of nitrogens with one attached hydrogen (secondary N) is 2. The molecule has 1 heterocycles. The molecule has 0 aliphatic heterocycles. The molecule has 4 bridgehead atoms. The molecule has 0 atom stereocenters. The number of hydrogen-bond acceptors (Lipinski definition) is 4. The standard InChI is InChI=1S/C14H20N2O3S2/c1-8-12(20-13(17)15-8)21(18,19)16-14-5-9-2-10(6-14)4-11(3-9)7-14/h9-11,16H,2-7H2,1H3,(H,15,17). The maximum Gasteiger partial charge on any atom is 0.305 e. The SMILES string of the molecule is Cc1[nH]c(=O)sc1S(=O)(=O)NC12CC3CC(CC(C3)C1)C2. The van der Waals surface area contributed by atoms with E-state index in [1.165, 1.54) is 19.3 Å². The monoisotopic (exact) mass is 328 g/mol. The van der Waals surface area contributed by atoms with E-state index >= 15 is 0 Å². The van der Waals surface area contributed by atoms with Gasteiger partial charge < -0.3 is 4.98 Å². The number of hydrogen-bond donors (Lipinski definition) is 2. The molecule has 1 aromatic rings. The van der Waals surface area contributed by atoms with Gasteiger partial charge in [0.25, 0.3) is 10.0 Å². The van der Waals surface area contributed by atoms with Gasteiger partial charge in [-0.25, -0.2) is 13.1 Å². The predicted octanol–water partition coefficient (Wildman–Crippen LogP) is 1.99. The van der Waals surface area contributed by atoms with E-state index in [0.717, 1.165) is 30.6 Å². The number of aromatic nitrogens is 1. The third-order valence-corrected chi connectivity index (χ3v) is 8.60. The van der Waals surface area contributed by atoms with Crippen LogP contribution in [-0.2, 0) is 10.0 Å². The lowest BCUT2D eigenvalue weighted by Crippen LogP contribution is -2.59. The van der Waals surface area contributed by atoms with Crippen LogP contribution in [0.3, 0.4) is 0 Å². The summed E-state index contributed by atoms with van der Waals surface area (Å²) < 4.78 is 28.5. The van der Waals surface area contributed by atoms with Gasteiger partial charge in [0.05, 0.1) is 0 Å². The van der Waals surface area contributed by atoms with Crippen molar-refractivity contribution in [3.8, 4) is 0 Å². The molecule has 7 heteroatoms. The second kappa shape index (κ2) is 4.43. The van der Waals surface area contributed by atoms with Crippen molar-refractivity contribution in [3.63, 3.8) is 0 Å². The molecule has 4 aliphatic rings. The summed E-state index contributed by atoms with van der Waals surface area (Å²) in [6, 6.07) is 0. The fraction of sp³-hybridized carbons (Fsp3) is 0.786. The van der Waals surface area contributed by atoms with Crippen molar-refractivity contribution < 1.29 is 8.42 Å². The Labute approximate surface area is 128 Å². The molecular weight excluding hydrogens is 308 g/mol. The Balaban J connectivity index is 1.66. The van der Waals surface area contributed by atoms with Crippen LogP contribution >= 0.6 is 11.3 Å². The fourth-order valence-electron chi connectivity index (χ4n) is 5.21. The molecule has 0 radical (unpaired) electrons. The summed E-state index contributed by atoms with van der Waals surface area (Å²) in [5.41, 5.74) is 0.190. The zero-order valence-electron chi connectivity index (χ0n) is 12.0. The number of aryl methyl sites for hydroxylation is 1. The van der Waals surface area contributed by atoms with E-state index in [2.05, 4.69) is 9.71 Å². The number of H-pyrrole nitrogens is 1. The molecule has 4 saturated carbocycles. The van der Waals surface area contributed by atoms with Crippen LogP contribution in [0.1, 0.15) is 44.2 Å². The van der Waals surface area contributed by atoms with Gasteiger partial charge in [0.15, 0.2) is 4.21 Å². The Morgan fingerprint density at radius 2 is 1.67 bits per heavy atom. The third kappa shape index (κ3) is 2.29. The van der Waals surface area contributed by atoms with Crippen LogP contribution in [0.2, 0.25) is 0 Å². The summed E-state index contributed by atoms with van der Waals surface area (Å²) in [6.45, 7) is 1.64. The van der Waals surface area contributed by atoms with Crippen molar-refractivity contribution in [1.82, 2.24) is 9.71 Å². The summed E-state index contributed by atoms with van der Waals surface area (Å²) in [5, 5.41) is 0. The van der Waals surface area contributed by atoms with Crippen molar-refractivity contribution in [2.75, 3.05) is 0 Å². The minimum atomic E-state index is -3.60. The van der Waals surface area contributed by atoms with Gasteiger partial charge in [-0.15, -0.1) is 0 Å². The largest absolute Gasteiger partial charge is 0.315 e. The average molecular weight is 328 g/mol. The van der Waals surface area contributed by atoms with E-state index in [4.69, 9.17) is 0 Å². The van der Waals surface area contributed by atoms with E-state index in [1.54, 1.807) is 6.92 Å². The molecule has 4 fully saturated rings. The van der Waals surface area contributed by atoms with Gasteiger partial charge in [0.2, 0.25) is 0 Å². The highest BCUT2D eigenvalue weighted by molar-refractivity contribution is 7.91. The molecule has 0 spiro atoms. The molecule has 4 aliphatic carbocycles. The lowest BCUT2D eigenvalue weighted by molar-refractivity contribution is -0.00808. The molecule has 5 nitrogen and oxygen atoms in total. The van der Waals surface area contributed by atoms with E-state index < -0.39 is 10.0 Å². The van der Waals surface area contributed by atoms with Gasteiger partial charge in [-0.05, 0) is 63.2 Å². The van der Waals surface area contributed by atoms with Crippen molar-refractivity contribution in [1.29, 1.82) is 0 Å². The van der Waals surface area contributed by atoms with Gasteiger partial charge in [-0.1, -0.05) is 11.3 Å². The van der Waals surface area contributed by atoms with E-state index in [9.17, 15) is 13.2 Å². The lowest BCUT2D eigenvalue weighted by Gasteiger charge is -2.56. The van der Waals surface area contributed by atoms with Crippen LogP contribution in [0.5, 0.6) is 0 Å². The second-order valence-corrected chi connectivity index (χ2v) is 10.1. The van der Waals surface area contributed by atoms with Crippen LogP contribution in [0.4, 0.5) is 0 Å². The Kier molecular flexibility index (Phi) is 2.94. The van der Waals surface area contributed by atoms with Crippen molar-refractivity contribution >= 4 is 21.4 Å². The van der Waals surface area contributed by atoms with Crippen LogP contribution in [0.25, 0.3) is 0 Å². The third-order valence-electron chi connectivity index (χ3n) is 5.41. The predicted molar refractivity (Wildman–Crippen MR) is 80.9 cm³/mol. The highest BCUT2D eigenvalue weighted by atomic mass is 32.2. The van der Waals surface area contributed by atoms with Crippen LogP contribution in [-0.4, -0.2) is 18.9 Å². The molecule has 21 heavy (non-hydrogen) atoms. The summed E-state index contributed by atoms with van der Waals surface area (Å²) in [7, 11) is -3.60. The first-order valence-corrected chi connectivity index (χ1v) is 9.89. The van der Waals surface area contributed by atoms with Gasteiger partial charge >= 0.3 is 4.87 Å². The zero-order chi connectivity index (χ0) is 14.8. The highest BCUT2D eigenvalue weighted by Gasteiger charge is 2.52. The van der Waals surface area contributed by atoms with E-state index in [-0.39, 0.29) is 14.6 Å². The maximum absolute atomic E-state index is 12.7. The highest BCUT2D eigenvalue weighted by Crippen LogP contribution is 2.56. The molecule has 0 saturated heterocycles. The first-order chi connectivity index (χ1) is 9.85. The first-order valence-electron chi connectivity index (χ1n) is 7.59. The number of aromatic amines is 1. The molecule has 5 rings (SSSR count). The topological polar surface area (TPSA) is 79.0 Å². The van der Waals surface area contributed by atoms with Gasteiger partial charge in [-0.3, -0.25) is 4.79 Å². The number of sulfonamides is 1. The molecule has 2 N–H and O–H groups in total. The van der Waals surface area contributed by atoms with Gasteiger partial charge in [0, 0.05) is 11.2 Å². The quantitative estimate of drug-likeness (QED) is 0.890. The zero-order valence-corrected chi connectivity index (χ0v) is 13.6. The summed E-state index contributed by atoms with van der Waals surface area (Å²) in [5.74, 6) is 2.06. The minimum absolute atomic E-state index is 0.156. The molecule has 116 valence electrons. The van der Waals surface area contributed by atoms with Gasteiger partial charge in [0.1, 0.15) is 0 Å². The van der Waals surface area contributed by atoms with Crippen molar-refractivity contribution in [2.24, 2.45) is 17.8 Å². The summed E-state index contributed by atoms with van der Waals surface area (Å²) in [4.78, 5) is 13.7. The normalized spacial score (nSPS) is 38.0. The van der Waals surface area contributed by atoms with Crippen molar-refractivity contribution in [2.45, 2.75) is 55.2 Å². The Morgan fingerprint density at radius 3 is 2.10 bits per heavy atom. The molecule has 0 amide bonds. The van der Waals surface area contributed by atoms with Crippen LogP contribution in [0, 0.1) is 24.7 Å². The smallest absolute Gasteiger partial charge is 0.305 e. The molecule has 0 unspecified atom stereocenters. The lowest BCUT2D eigenvalue weighted by atomic mass is 9.53. The van der Waals surface area contributed by atoms with E-state index in [1.807, 2.05) is 0 Å². The van der Waals surface area contributed by atoms with Gasteiger partial charge in [-0.2, -0.15) is 0 Å². The second-order valence-electron chi connectivity index (χ2n) is 7.23.